The Kier molecular flexibility index (Phi) is 13.3. The molecule has 1 fully saturated rings. The van der Waals surface area contributed by atoms with Crippen LogP contribution in [0, 0.1) is 11.8 Å². The molecule has 0 aromatic rings. The summed E-state index contributed by atoms with van der Waals surface area (Å²) in [6, 6.07) is 0. The van der Waals surface area contributed by atoms with E-state index in [1.807, 2.05) is 18.8 Å². The summed E-state index contributed by atoms with van der Waals surface area (Å²) in [5, 5.41) is 6.91. The molecule has 0 aromatic heterocycles. The molecule has 120 valence electrons. The number of aliphatic imine (C=N–C) groups is 1. The molecule has 2 unspecified atom stereocenters. The molecule has 1 saturated carbocycles. The number of unbranched alkanes of at least 4 members (excludes halogenated alkanes) is 1. The number of rotatable bonds is 7. The first-order chi connectivity index (χ1) is 9.27. The third-order valence-electron chi connectivity index (χ3n) is 4.11. The molecule has 3 nitrogen and oxygen atoms in total. The number of halogens is 1. The molecule has 0 radical (unpaired) electrons. The van der Waals surface area contributed by atoms with Crippen LogP contribution in [0.4, 0.5) is 0 Å². The molecule has 0 aromatic carbocycles. The number of hydrogen-bond donors (Lipinski definition) is 2. The summed E-state index contributed by atoms with van der Waals surface area (Å²) >= 11 is 1.92. The smallest absolute Gasteiger partial charge is 0.190 e. The Bertz CT molecular complexity index is 262. The van der Waals surface area contributed by atoms with E-state index in [4.69, 9.17) is 0 Å². The van der Waals surface area contributed by atoms with Crippen LogP contribution in [0.25, 0.3) is 0 Å². The minimum Gasteiger partial charge on any atom is -0.356 e. The molecule has 0 spiro atoms. The zero-order chi connectivity index (χ0) is 13.9. The van der Waals surface area contributed by atoms with Crippen LogP contribution in [0.15, 0.2) is 4.99 Å². The first kappa shape index (κ1) is 20.3. The molecule has 0 amide bonds. The quantitative estimate of drug-likeness (QED) is 0.289. The lowest BCUT2D eigenvalue weighted by atomic mass is 9.80. The maximum Gasteiger partial charge on any atom is 0.190 e. The van der Waals surface area contributed by atoms with E-state index in [1.54, 1.807) is 0 Å². The minimum absolute atomic E-state index is 0. The van der Waals surface area contributed by atoms with Gasteiger partial charge in [-0.3, -0.25) is 4.99 Å². The van der Waals surface area contributed by atoms with Gasteiger partial charge in [-0.05, 0) is 43.1 Å². The van der Waals surface area contributed by atoms with Crippen molar-refractivity contribution in [3.05, 3.63) is 0 Å². The molecule has 1 rings (SSSR count). The van der Waals surface area contributed by atoms with E-state index >= 15 is 0 Å². The maximum absolute atomic E-state index is 4.30. The van der Waals surface area contributed by atoms with Crippen LogP contribution in [-0.2, 0) is 0 Å². The second kappa shape index (κ2) is 13.0. The fraction of sp³-hybridized carbons (Fsp3) is 0.933. The summed E-state index contributed by atoms with van der Waals surface area (Å²) in [5.74, 6) is 3.92. The second-order valence-corrected chi connectivity index (χ2v) is 6.59. The van der Waals surface area contributed by atoms with Gasteiger partial charge < -0.3 is 10.6 Å². The normalized spacial score (nSPS) is 23.1. The van der Waals surface area contributed by atoms with Crippen LogP contribution in [-0.4, -0.2) is 38.1 Å². The van der Waals surface area contributed by atoms with Crippen LogP contribution >= 0.6 is 35.7 Å². The molecule has 20 heavy (non-hydrogen) atoms. The van der Waals surface area contributed by atoms with Gasteiger partial charge in [-0.25, -0.2) is 0 Å². The SMILES string of the molecule is CN=C(NCCCCSC)NCC1CCCCC1C.I. The van der Waals surface area contributed by atoms with Gasteiger partial charge in [-0.1, -0.05) is 26.2 Å². The maximum atomic E-state index is 4.30. The lowest BCUT2D eigenvalue weighted by molar-refractivity contribution is 0.256. The number of nitrogens with zero attached hydrogens (tertiary/aromatic N) is 1. The standard InChI is InChI=1S/C15H31N3S.HI/c1-13-8-4-5-9-14(13)12-18-15(16-2)17-10-6-7-11-19-3;/h13-14H,4-12H2,1-3H3,(H2,16,17,18);1H. The molecule has 2 N–H and O–H groups in total. The Morgan fingerprint density at radius 2 is 1.95 bits per heavy atom. The second-order valence-electron chi connectivity index (χ2n) is 5.60. The molecule has 0 aliphatic heterocycles. The van der Waals surface area contributed by atoms with Gasteiger partial charge in [-0.2, -0.15) is 11.8 Å². The van der Waals surface area contributed by atoms with E-state index < -0.39 is 0 Å². The monoisotopic (exact) mass is 413 g/mol. The summed E-state index contributed by atoms with van der Waals surface area (Å²) in [7, 11) is 1.86. The van der Waals surface area contributed by atoms with Crippen molar-refractivity contribution in [2.75, 3.05) is 32.1 Å². The fourth-order valence-electron chi connectivity index (χ4n) is 2.72. The largest absolute Gasteiger partial charge is 0.356 e. The first-order valence-corrected chi connectivity index (χ1v) is 9.10. The van der Waals surface area contributed by atoms with E-state index in [1.165, 1.54) is 44.3 Å². The number of thioether (sulfide) groups is 1. The summed E-state index contributed by atoms with van der Waals surface area (Å²) in [5.41, 5.74) is 0. The molecule has 1 aliphatic carbocycles. The lowest BCUT2D eigenvalue weighted by Crippen LogP contribution is -2.41. The van der Waals surface area contributed by atoms with Gasteiger partial charge in [-0.15, -0.1) is 24.0 Å². The summed E-state index contributed by atoms with van der Waals surface area (Å²) < 4.78 is 0. The highest BCUT2D eigenvalue weighted by molar-refractivity contribution is 14.0. The van der Waals surface area contributed by atoms with Gasteiger partial charge in [0, 0.05) is 20.1 Å². The van der Waals surface area contributed by atoms with Gasteiger partial charge in [0.15, 0.2) is 5.96 Å². The first-order valence-electron chi connectivity index (χ1n) is 7.71. The van der Waals surface area contributed by atoms with Gasteiger partial charge in [0.25, 0.3) is 0 Å². The van der Waals surface area contributed by atoms with Gasteiger partial charge in [0.2, 0.25) is 0 Å². The van der Waals surface area contributed by atoms with Gasteiger partial charge in [0.1, 0.15) is 0 Å². The van der Waals surface area contributed by atoms with E-state index in [2.05, 4.69) is 28.8 Å². The Morgan fingerprint density at radius 3 is 2.60 bits per heavy atom. The molecule has 2 atom stereocenters. The Morgan fingerprint density at radius 1 is 1.20 bits per heavy atom. The van der Waals surface area contributed by atoms with Crippen molar-refractivity contribution in [2.45, 2.75) is 45.4 Å². The summed E-state index contributed by atoms with van der Waals surface area (Å²) in [4.78, 5) is 4.30. The average molecular weight is 413 g/mol. The number of hydrogen-bond acceptors (Lipinski definition) is 2. The predicted molar refractivity (Wildman–Crippen MR) is 104 cm³/mol. The van der Waals surface area contributed by atoms with Crippen molar-refractivity contribution in [1.82, 2.24) is 10.6 Å². The molecule has 5 heteroatoms. The Hall–Kier alpha value is 0.350. The molecule has 1 aliphatic rings. The highest BCUT2D eigenvalue weighted by Gasteiger charge is 2.21. The third-order valence-corrected chi connectivity index (χ3v) is 4.81. The Balaban J connectivity index is 0.00000361. The Labute approximate surface area is 146 Å². The van der Waals surface area contributed by atoms with Gasteiger partial charge in [0.05, 0.1) is 0 Å². The average Bonchev–Trinajstić information content (AvgIpc) is 2.43. The molecule has 0 bridgehead atoms. The van der Waals surface area contributed by atoms with Crippen molar-refractivity contribution in [3.63, 3.8) is 0 Å². The topological polar surface area (TPSA) is 36.4 Å². The van der Waals surface area contributed by atoms with Crippen molar-refractivity contribution in [3.8, 4) is 0 Å². The molecule has 0 saturated heterocycles. The van der Waals surface area contributed by atoms with E-state index in [0.717, 1.165) is 30.9 Å². The number of nitrogens with one attached hydrogen (secondary N) is 2. The number of guanidine groups is 1. The highest BCUT2D eigenvalue weighted by atomic mass is 127. The van der Waals surface area contributed by atoms with Gasteiger partial charge >= 0.3 is 0 Å². The summed E-state index contributed by atoms with van der Waals surface area (Å²) in [6.07, 6.45) is 10.3. The van der Waals surface area contributed by atoms with Crippen LogP contribution in [0.3, 0.4) is 0 Å². The summed E-state index contributed by atoms with van der Waals surface area (Å²) in [6.45, 7) is 4.50. The minimum atomic E-state index is 0. The zero-order valence-corrected chi connectivity index (χ0v) is 16.4. The van der Waals surface area contributed by atoms with E-state index in [9.17, 15) is 0 Å². The lowest BCUT2D eigenvalue weighted by Gasteiger charge is -2.29. The van der Waals surface area contributed by atoms with Crippen LogP contribution in [0.1, 0.15) is 45.4 Å². The molecular weight excluding hydrogens is 381 g/mol. The van der Waals surface area contributed by atoms with Crippen LogP contribution in [0.5, 0.6) is 0 Å². The van der Waals surface area contributed by atoms with Crippen molar-refractivity contribution in [2.24, 2.45) is 16.8 Å². The van der Waals surface area contributed by atoms with Crippen molar-refractivity contribution < 1.29 is 0 Å². The molecule has 0 heterocycles. The molecular formula is C15H32IN3S. The zero-order valence-electron chi connectivity index (χ0n) is 13.3. The fourth-order valence-corrected chi connectivity index (χ4v) is 3.22. The van der Waals surface area contributed by atoms with Crippen molar-refractivity contribution in [1.29, 1.82) is 0 Å². The van der Waals surface area contributed by atoms with Crippen molar-refractivity contribution >= 4 is 41.7 Å². The third kappa shape index (κ3) is 8.60. The van der Waals surface area contributed by atoms with E-state index in [0.29, 0.717) is 0 Å². The van der Waals surface area contributed by atoms with E-state index in [-0.39, 0.29) is 24.0 Å². The predicted octanol–water partition coefficient (Wildman–Crippen LogP) is 3.74. The highest BCUT2D eigenvalue weighted by Crippen LogP contribution is 2.28. The van der Waals surface area contributed by atoms with Crippen LogP contribution in [0.2, 0.25) is 0 Å². The van der Waals surface area contributed by atoms with Crippen LogP contribution < -0.4 is 10.6 Å².